The van der Waals surface area contributed by atoms with Gasteiger partial charge in [0.2, 0.25) is 0 Å². The van der Waals surface area contributed by atoms with Crippen LogP contribution in [0.5, 0.6) is 11.5 Å². The molecule has 0 aromatic heterocycles. The van der Waals surface area contributed by atoms with Crippen LogP contribution in [0.15, 0.2) is 42.5 Å². The van der Waals surface area contributed by atoms with Crippen LogP contribution in [0.2, 0.25) is 0 Å². The normalized spacial score (nSPS) is 13.6. The van der Waals surface area contributed by atoms with Crippen LogP contribution in [0, 0.1) is 11.3 Å². The van der Waals surface area contributed by atoms with E-state index in [0.29, 0.717) is 6.07 Å². The molecule has 166 valence electrons. The van der Waals surface area contributed by atoms with E-state index in [1.165, 1.54) is 18.2 Å². The van der Waals surface area contributed by atoms with Gasteiger partial charge in [-0.05, 0) is 37.3 Å². The van der Waals surface area contributed by atoms with Crippen LogP contribution in [0.3, 0.4) is 0 Å². The molecule has 31 heavy (non-hydrogen) atoms. The van der Waals surface area contributed by atoms with Gasteiger partial charge in [0.1, 0.15) is 18.1 Å². The minimum atomic E-state index is -4.93. The molecule has 0 spiro atoms. The van der Waals surface area contributed by atoms with Gasteiger partial charge in [-0.3, -0.25) is 4.79 Å². The predicted molar refractivity (Wildman–Crippen MR) is 94.0 cm³/mol. The van der Waals surface area contributed by atoms with Gasteiger partial charge >= 0.3 is 12.5 Å². The number of amides is 1. The minimum Gasteiger partial charge on any atom is -0.490 e. The molecule has 0 saturated carbocycles. The molecule has 0 bridgehead atoms. The molecule has 0 heterocycles. The number of nitrogens with one attached hydrogen (secondary N) is 1. The topological polar surface area (TPSA) is 91.6 Å². The van der Waals surface area contributed by atoms with E-state index in [9.17, 15) is 36.2 Å². The fourth-order valence-electron chi connectivity index (χ4n) is 2.27. The van der Waals surface area contributed by atoms with Crippen LogP contribution < -0.4 is 14.8 Å². The second-order valence-electron chi connectivity index (χ2n) is 6.41. The first-order valence-electron chi connectivity index (χ1n) is 8.35. The van der Waals surface area contributed by atoms with Crippen molar-refractivity contribution in [1.82, 2.24) is 0 Å². The number of nitrogens with zero attached hydrogens (tertiary/aromatic N) is 1. The van der Waals surface area contributed by atoms with Crippen molar-refractivity contribution in [3.63, 3.8) is 0 Å². The summed E-state index contributed by atoms with van der Waals surface area (Å²) in [4.78, 5) is 12.3. The summed E-state index contributed by atoms with van der Waals surface area (Å²) in [5.74, 6) is -1.90. The third-order valence-electron chi connectivity index (χ3n) is 3.75. The molecule has 1 amide bonds. The highest BCUT2D eigenvalue weighted by atomic mass is 19.4. The average molecular weight is 448 g/mol. The number of anilines is 1. The minimum absolute atomic E-state index is 0.160. The maximum absolute atomic E-state index is 13.0. The third-order valence-corrected chi connectivity index (χ3v) is 3.75. The molecule has 0 aliphatic carbocycles. The Bertz CT molecular complexity index is 996. The molecule has 0 aliphatic heterocycles. The molecule has 6 nitrogen and oxygen atoms in total. The lowest BCUT2D eigenvalue weighted by Crippen LogP contribution is -2.45. The van der Waals surface area contributed by atoms with E-state index < -0.39 is 47.5 Å². The van der Waals surface area contributed by atoms with Crippen molar-refractivity contribution < 1.29 is 45.7 Å². The van der Waals surface area contributed by atoms with E-state index in [1.807, 2.05) is 0 Å². The quantitative estimate of drug-likeness (QED) is 0.645. The highest BCUT2D eigenvalue weighted by Crippen LogP contribution is 2.34. The molecule has 1 unspecified atom stereocenters. The molecular weight excluding hydrogens is 434 g/mol. The number of aliphatic hydroxyl groups is 1. The summed E-state index contributed by atoms with van der Waals surface area (Å²) in [7, 11) is 0. The van der Waals surface area contributed by atoms with Crippen molar-refractivity contribution in [2.24, 2.45) is 0 Å². The molecule has 0 fully saturated rings. The number of rotatable bonds is 6. The Balaban J connectivity index is 2.09. The molecule has 12 heteroatoms. The van der Waals surface area contributed by atoms with Gasteiger partial charge < -0.3 is 19.9 Å². The Morgan fingerprint density at radius 2 is 1.74 bits per heavy atom. The van der Waals surface area contributed by atoms with Crippen molar-refractivity contribution in [3.05, 3.63) is 53.6 Å². The number of halogens is 6. The summed E-state index contributed by atoms with van der Waals surface area (Å²) in [6, 6.07) is 8.13. The zero-order chi connectivity index (χ0) is 23.4. The smallest absolute Gasteiger partial charge is 0.490 e. The molecule has 2 aromatic rings. The SMILES string of the molecule is CC(O)(COc1cccc(OC(F)(F)F)c1)C(=O)Nc1ccc(C#N)c(C(F)(F)F)c1. The van der Waals surface area contributed by atoms with Crippen LogP contribution in [0.1, 0.15) is 18.1 Å². The predicted octanol–water partition coefficient (Wildman–Crippen LogP) is 4.24. The third kappa shape index (κ3) is 6.78. The van der Waals surface area contributed by atoms with Crippen LogP contribution >= 0.6 is 0 Å². The average Bonchev–Trinajstić information content (AvgIpc) is 2.64. The number of carbonyl (C=O) groups is 1. The Morgan fingerprint density at radius 3 is 2.32 bits per heavy atom. The van der Waals surface area contributed by atoms with Crippen molar-refractivity contribution >= 4 is 11.6 Å². The van der Waals surface area contributed by atoms with Gasteiger partial charge in [-0.25, -0.2) is 0 Å². The van der Waals surface area contributed by atoms with E-state index in [0.717, 1.165) is 31.2 Å². The number of carbonyl (C=O) groups excluding carboxylic acids is 1. The fraction of sp³-hybridized carbons (Fsp3) is 0.263. The van der Waals surface area contributed by atoms with Gasteiger partial charge in [-0.2, -0.15) is 18.4 Å². The van der Waals surface area contributed by atoms with Gasteiger partial charge in [0.15, 0.2) is 5.60 Å². The van der Waals surface area contributed by atoms with Crippen LogP contribution in [0.25, 0.3) is 0 Å². The first-order chi connectivity index (χ1) is 14.2. The summed E-state index contributed by atoms with van der Waals surface area (Å²) in [5.41, 5.74) is -4.53. The first kappa shape index (κ1) is 23.8. The number of hydrogen-bond donors (Lipinski definition) is 2. The van der Waals surface area contributed by atoms with Gasteiger partial charge in [-0.1, -0.05) is 6.07 Å². The number of nitriles is 1. The van der Waals surface area contributed by atoms with Gasteiger partial charge in [0.05, 0.1) is 17.2 Å². The molecule has 0 saturated heterocycles. The van der Waals surface area contributed by atoms with Crippen molar-refractivity contribution in [2.75, 3.05) is 11.9 Å². The number of benzene rings is 2. The van der Waals surface area contributed by atoms with E-state index in [1.54, 1.807) is 0 Å². The lowest BCUT2D eigenvalue weighted by atomic mass is 10.1. The number of alkyl halides is 6. The molecule has 1 atom stereocenters. The molecule has 0 aliphatic rings. The standard InChI is InChI=1S/C19H14F6N2O4/c1-17(29,10-30-13-3-2-4-14(8-13)31-19(23,24)25)16(28)27-12-6-5-11(9-26)15(7-12)18(20,21)22/h2-8,29H,10H2,1H3,(H,27,28). The maximum atomic E-state index is 13.0. The van der Waals surface area contributed by atoms with Crippen LogP contribution in [-0.4, -0.2) is 29.6 Å². The largest absolute Gasteiger partial charge is 0.573 e. The molecular formula is C19H14F6N2O4. The van der Waals surface area contributed by atoms with E-state index in [2.05, 4.69) is 10.1 Å². The summed E-state index contributed by atoms with van der Waals surface area (Å²) < 4.78 is 84.7. The highest BCUT2D eigenvalue weighted by molar-refractivity contribution is 5.97. The van der Waals surface area contributed by atoms with Gasteiger partial charge in [-0.15, -0.1) is 13.2 Å². The zero-order valence-corrected chi connectivity index (χ0v) is 15.6. The van der Waals surface area contributed by atoms with E-state index >= 15 is 0 Å². The van der Waals surface area contributed by atoms with E-state index in [4.69, 9.17) is 10.00 Å². The summed E-state index contributed by atoms with van der Waals surface area (Å²) >= 11 is 0. The Morgan fingerprint density at radius 1 is 1.10 bits per heavy atom. The zero-order valence-electron chi connectivity index (χ0n) is 15.6. The van der Waals surface area contributed by atoms with Crippen LogP contribution in [0.4, 0.5) is 32.0 Å². The maximum Gasteiger partial charge on any atom is 0.573 e. The highest BCUT2D eigenvalue weighted by Gasteiger charge is 2.36. The molecule has 2 aromatic carbocycles. The molecule has 0 radical (unpaired) electrons. The van der Waals surface area contributed by atoms with Gasteiger partial charge in [0, 0.05) is 11.8 Å². The van der Waals surface area contributed by atoms with E-state index in [-0.39, 0.29) is 11.4 Å². The summed E-state index contributed by atoms with van der Waals surface area (Å²) in [6.07, 6.45) is -9.78. The Hall–Kier alpha value is -3.46. The van der Waals surface area contributed by atoms with Crippen molar-refractivity contribution in [3.8, 4) is 17.6 Å². The van der Waals surface area contributed by atoms with Crippen molar-refractivity contribution in [1.29, 1.82) is 5.26 Å². The van der Waals surface area contributed by atoms with Gasteiger partial charge in [0.25, 0.3) is 5.91 Å². The lowest BCUT2D eigenvalue weighted by Gasteiger charge is -2.23. The first-order valence-corrected chi connectivity index (χ1v) is 8.35. The molecule has 2 N–H and O–H groups in total. The number of ether oxygens (including phenoxy) is 2. The lowest BCUT2D eigenvalue weighted by molar-refractivity contribution is -0.274. The summed E-state index contributed by atoms with van der Waals surface area (Å²) in [5, 5.41) is 21.1. The second-order valence-corrected chi connectivity index (χ2v) is 6.41. The Kier molecular flexibility index (Phi) is 6.70. The number of hydrogen-bond acceptors (Lipinski definition) is 5. The fourth-order valence-corrected chi connectivity index (χ4v) is 2.27. The molecule has 2 rings (SSSR count). The monoisotopic (exact) mass is 448 g/mol. The van der Waals surface area contributed by atoms with Crippen molar-refractivity contribution in [2.45, 2.75) is 25.1 Å². The Labute approximate surface area is 171 Å². The van der Waals surface area contributed by atoms with Crippen LogP contribution in [-0.2, 0) is 11.0 Å². The second kappa shape index (κ2) is 8.73. The summed E-state index contributed by atoms with van der Waals surface area (Å²) in [6.45, 7) is 0.253.